The molecule has 2 unspecified atom stereocenters. The Hall–Kier alpha value is -0.280. The summed E-state index contributed by atoms with van der Waals surface area (Å²) >= 11 is 6.03. The van der Waals surface area contributed by atoms with Crippen molar-refractivity contribution in [2.45, 2.75) is 44.6 Å². The molecule has 1 aliphatic rings. The Morgan fingerprint density at radius 2 is 2.33 bits per heavy atom. The van der Waals surface area contributed by atoms with E-state index in [1.807, 2.05) is 13.8 Å². The lowest BCUT2D eigenvalue weighted by Gasteiger charge is -2.15. The van der Waals surface area contributed by atoms with E-state index in [-0.39, 0.29) is 17.4 Å². The van der Waals surface area contributed by atoms with Gasteiger partial charge in [0.25, 0.3) is 0 Å². The highest BCUT2D eigenvalue weighted by molar-refractivity contribution is 6.21. The van der Waals surface area contributed by atoms with E-state index in [0.717, 1.165) is 19.4 Å². The van der Waals surface area contributed by atoms with E-state index in [9.17, 15) is 4.79 Å². The third kappa shape index (κ3) is 4.85. The Morgan fingerprint density at radius 1 is 1.60 bits per heavy atom. The molecule has 1 N–H and O–H groups in total. The largest absolute Gasteiger partial charge is 0.378 e. The Balaban J connectivity index is 2.12. The zero-order valence-corrected chi connectivity index (χ0v) is 10.2. The molecule has 0 aromatic rings. The number of carbonyl (C=O) groups is 1. The van der Waals surface area contributed by atoms with Crippen molar-refractivity contribution in [1.29, 1.82) is 0 Å². The number of alkyl halides is 1. The van der Waals surface area contributed by atoms with Gasteiger partial charge in [0, 0.05) is 13.2 Å². The van der Waals surface area contributed by atoms with Crippen LogP contribution in [-0.4, -0.2) is 30.5 Å². The lowest BCUT2D eigenvalue weighted by molar-refractivity contribution is -0.123. The molecule has 0 spiro atoms. The van der Waals surface area contributed by atoms with E-state index in [2.05, 4.69) is 5.32 Å². The smallest absolute Gasteiger partial charge is 0.222 e. The fourth-order valence-corrected chi connectivity index (χ4v) is 1.61. The molecule has 0 radical (unpaired) electrons. The maximum Gasteiger partial charge on any atom is 0.222 e. The molecule has 0 saturated carbocycles. The molecule has 1 rings (SSSR count). The highest BCUT2D eigenvalue weighted by atomic mass is 35.5. The second-order valence-electron chi connectivity index (χ2n) is 4.40. The summed E-state index contributed by atoms with van der Waals surface area (Å²) in [4.78, 5) is 11.5. The van der Waals surface area contributed by atoms with Crippen LogP contribution in [0.1, 0.15) is 33.1 Å². The average molecular weight is 234 g/mol. The molecule has 1 heterocycles. The number of halogens is 1. The van der Waals surface area contributed by atoms with Crippen LogP contribution in [0.2, 0.25) is 0 Å². The van der Waals surface area contributed by atoms with Crippen LogP contribution in [0.3, 0.4) is 0 Å². The van der Waals surface area contributed by atoms with E-state index in [4.69, 9.17) is 16.3 Å². The number of ether oxygens (including phenoxy) is 1. The van der Waals surface area contributed by atoms with Gasteiger partial charge in [-0.1, -0.05) is 13.8 Å². The Kier molecular flexibility index (Phi) is 5.40. The Bertz CT molecular complexity index is 203. The summed E-state index contributed by atoms with van der Waals surface area (Å²) in [5.74, 6) is 0.433. The summed E-state index contributed by atoms with van der Waals surface area (Å²) in [7, 11) is 0. The normalized spacial score (nSPS) is 23.1. The molecule has 0 aromatic heterocycles. The summed E-state index contributed by atoms with van der Waals surface area (Å²) in [5, 5.41) is 2.85. The van der Waals surface area contributed by atoms with Crippen LogP contribution in [0.25, 0.3) is 0 Å². The zero-order valence-electron chi connectivity index (χ0n) is 9.46. The van der Waals surface area contributed by atoms with E-state index in [1.54, 1.807) is 0 Å². The predicted octanol–water partition coefficient (Wildman–Crippen LogP) is 1.94. The molecule has 1 saturated heterocycles. The van der Waals surface area contributed by atoms with Crippen molar-refractivity contribution >= 4 is 17.5 Å². The molecule has 1 amide bonds. The fourth-order valence-electron chi connectivity index (χ4n) is 1.53. The maximum atomic E-state index is 11.5. The minimum atomic E-state index is 0.0125. The molecule has 88 valence electrons. The monoisotopic (exact) mass is 233 g/mol. The topological polar surface area (TPSA) is 38.3 Å². The van der Waals surface area contributed by atoms with Crippen LogP contribution in [0, 0.1) is 5.92 Å². The lowest BCUT2D eigenvalue weighted by Crippen LogP contribution is -2.33. The highest BCUT2D eigenvalue weighted by Crippen LogP contribution is 2.15. The van der Waals surface area contributed by atoms with Gasteiger partial charge in [-0.3, -0.25) is 4.79 Å². The number of carbonyl (C=O) groups excluding carboxylic acids is 1. The molecule has 0 aliphatic carbocycles. The highest BCUT2D eigenvalue weighted by Gasteiger charge is 2.19. The van der Waals surface area contributed by atoms with Crippen molar-refractivity contribution < 1.29 is 9.53 Å². The van der Waals surface area contributed by atoms with Crippen molar-refractivity contribution in [3.05, 3.63) is 0 Å². The van der Waals surface area contributed by atoms with Crippen molar-refractivity contribution in [2.24, 2.45) is 5.92 Å². The number of amides is 1. The van der Waals surface area contributed by atoms with Gasteiger partial charge in [-0.2, -0.15) is 0 Å². The maximum absolute atomic E-state index is 11.5. The third-order valence-corrected chi connectivity index (χ3v) is 3.31. The van der Waals surface area contributed by atoms with Gasteiger partial charge in [0.2, 0.25) is 5.91 Å². The standard InChI is InChI=1S/C11H20ClNO2/c1-8(2)10(12)7-13-11(14)6-9-4-3-5-15-9/h8-10H,3-7H2,1-2H3,(H,13,14). The predicted molar refractivity (Wildman–Crippen MR) is 61.1 cm³/mol. The van der Waals surface area contributed by atoms with Crippen LogP contribution in [0.15, 0.2) is 0 Å². The van der Waals surface area contributed by atoms with E-state index < -0.39 is 0 Å². The first-order chi connectivity index (χ1) is 7.09. The molecular weight excluding hydrogens is 214 g/mol. The summed E-state index contributed by atoms with van der Waals surface area (Å²) in [6.07, 6.45) is 2.67. The summed E-state index contributed by atoms with van der Waals surface area (Å²) in [5.41, 5.74) is 0. The van der Waals surface area contributed by atoms with Crippen molar-refractivity contribution in [3.8, 4) is 0 Å². The molecular formula is C11H20ClNO2. The van der Waals surface area contributed by atoms with Gasteiger partial charge in [-0.25, -0.2) is 0 Å². The first-order valence-electron chi connectivity index (χ1n) is 5.62. The van der Waals surface area contributed by atoms with Gasteiger partial charge in [-0.05, 0) is 18.8 Å². The van der Waals surface area contributed by atoms with Gasteiger partial charge >= 0.3 is 0 Å². The van der Waals surface area contributed by atoms with E-state index >= 15 is 0 Å². The van der Waals surface area contributed by atoms with Crippen LogP contribution in [0.5, 0.6) is 0 Å². The number of hydrogen-bond donors (Lipinski definition) is 1. The third-order valence-electron chi connectivity index (χ3n) is 2.65. The van der Waals surface area contributed by atoms with Crippen LogP contribution < -0.4 is 5.32 Å². The molecule has 4 heteroatoms. The van der Waals surface area contributed by atoms with E-state index in [0.29, 0.717) is 18.9 Å². The van der Waals surface area contributed by atoms with Gasteiger partial charge in [-0.15, -0.1) is 11.6 Å². The molecule has 0 bridgehead atoms. The van der Waals surface area contributed by atoms with Crippen molar-refractivity contribution in [1.82, 2.24) is 5.32 Å². The van der Waals surface area contributed by atoms with Crippen LogP contribution in [-0.2, 0) is 9.53 Å². The van der Waals surface area contributed by atoms with E-state index in [1.165, 1.54) is 0 Å². The summed E-state index contributed by atoms with van der Waals surface area (Å²) < 4.78 is 5.38. The Labute approximate surface area is 96.5 Å². The van der Waals surface area contributed by atoms with Gasteiger partial charge in [0.1, 0.15) is 0 Å². The fraction of sp³-hybridized carbons (Fsp3) is 0.909. The van der Waals surface area contributed by atoms with Gasteiger partial charge in [0.15, 0.2) is 0 Å². The average Bonchev–Trinajstić information content (AvgIpc) is 2.66. The second-order valence-corrected chi connectivity index (χ2v) is 4.96. The number of hydrogen-bond acceptors (Lipinski definition) is 2. The van der Waals surface area contributed by atoms with Gasteiger partial charge < -0.3 is 10.1 Å². The van der Waals surface area contributed by atoms with Crippen molar-refractivity contribution in [3.63, 3.8) is 0 Å². The van der Waals surface area contributed by atoms with Gasteiger partial charge in [0.05, 0.1) is 17.9 Å². The molecule has 1 fully saturated rings. The molecule has 15 heavy (non-hydrogen) atoms. The van der Waals surface area contributed by atoms with Crippen LogP contribution in [0.4, 0.5) is 0 Å². The number of nitrogens with one attached hydrogen (secondary N) is 1. The second kappa shape index (κ2) is 6.33. The number of rotatable bonds is 5. The lowest BCUT2D eigenvalue weighted by atomic mass is 10.1. The molecule has 0 aromatic carbocycles. The van der Waals surface area contributed by atoms with Crippen LogP contribution >= 0.6 is 11.6 Å². The molecule has 3 nitrogen and oxygen atoms in total. The zero-order chi connectivity index (χ0) is 11.3. The minimum absolute atomic E-state index is 0.0125. The SMILES string of the molecule is CC(C)C(Cl)CNC(=O)CC1CCCO1. The summed E-state index contributed by atoms with van der Waals surface area (Å²) in [6, 6.07) is 0. The summed E-state index contributed by atoms with van der Waals surface area (Å²) in [6.45, 7) is 5.43. The molecule has 2 atom stereocenters. The molecule has 1 aliphatic heterocycles. The first-order valence-corrected chi connectivity index (χ1v) is 6.05. The Morgan fingerprint density at radius 3 is 2.87 bits per heavy atom. The first kappa shape index (κ1) is 12.8. The van der Waals surface area contributed by atoms with Crippen molar-refractivity contribution in [2.75, 3.05) is 13.2 Å². The quantitative estimate of drug-likeness (QED) is 0.737. The minimum Gasteiger partial charge on any atom is -0.378 e.